The SMILES string of the molecule is c1ccc2c(c1)oc1c(-c3cc(-c4ccc5c(c4)c4ccccc4n5-c4ccc5c6ccccc6c6ccccc6c5c4)ncn3)cccc12. The summed E-state index contributed by atoms with van der Waals surface area (Å²) in [4.78, 5) is 9.45. The van der Waals surface area contributed by atoms with Crippen LogP contribution in [0.1, 0.15) is 0 Å². The van der Waals surface area contributed by atoms with Gasteiger partial charge in [-0.15, -0.1) is 0 Å². The van der Waals surface area contributed by atoms with Crippen LogP contribution in [0.25, 0.3) is 104 Å². The van der Waals surface area contributed by atoms with E-state index in [-0.39, 0.29) is 0 Å². The van der Waals surface area contributed by atoms with Crippen molar-refractivity contribution in [2.24, 2.45) is 0 Å². The summed E-state index contributed by atoms with van der Waals surface area (Å²) in [6.07, 6.45) is 1.66. The van der Waals surface area contributed by atoms with Gasteiger partial charge >= 0.3 is 0 Å². The number of aromatic nitrogens is 3. The molecule has 0 atom stereocenters. The van der Waals surface area contributed by atoms with Crippen molar-refractivity contribution in [2.45, 2.75) is 0 Å². The third-order valence-electron chi connectivity index (χ3n) is 10.3. The minimum absolute atomic E-state index is 0.832. The van der Waals surface area contributed by atoms with Crippen LogP contribution >= 0.6 is 0 Å². The zero-order valence-corrected chi connectivity index (χ0v) is 26.8. The highest BCUT2D eigenvalue weighted by Crippen LogP contribution is 2.40. The Morgan fingerprint density at radius 1 is 0.400 bits per heavy atom. The summed E-state index contributed by atoms with van der Waals surface area (Å²) in [5, 5.41) is 12.2. The van der Waals surface area contributed by atoms with Crippen molar-refractivity contribution in [3.8, 4) is 28.2 Å². The van der Waals surface area contributed by atoms with Crippen LogP contribution in [-0.2, 0) is 0 Å². The van der Waals surface area contributed by atoms with Crippen LogP contribution in [0.2, 0.25) is 0 Å². The van der Waals surface area contributed by atoms with Crippen LogP contribution in [0, 0.1) is 0 Å². The number of nitrogens with zero attached hydrogens (tertiary/aromatic N) is 3. The van der Waals surface area contributed by atoms with Gasteiger partial charge in [-0.3, -0.25) is 0 Å². The molecule has 3 heterocycles. The predicted octanol–water partition coefficient (Wildman–Crippen LogP) is 12.3. The van der Waals surface area contributed by atoms with Crippen molar-refractivity contribution in [1.29, 1.82) is 0 Å². The standard InChI is InChI=1S/C46H27N3O/c1-2-12-32-30(10-1)31-11-3-4-13-33(31)39-25-29(21-22-34(32)39)49-43-18-7-5-14-35(43)40-24-28(20-23-44(40)49)41-26-42(48-27-47-41)38-17-9-16-37-36-15-6-8-19-45(36)50-46(37)38/h1-27H. The van der Waals surface area contributed by atoms with Crippen LogP contribution < -0.4 is 0 Å². The molecule has 50 heavy (non-hydrogen) atoms. The van der Waals surface area contributed by atoms with Crippen LogP contribution in [0.5, 0.6) is 0 Å². The van der Waals surface area contributed by atoms with E-state index in [2.05, 4.69) is 144 Å². The van der Waals surface area contributed by atoms with Crippen molar-refractivity contribution in [2.75, 3.05) is 0 Å². The van der Waals surface area contributed by atoms with Crippen LogP contribution in [0.15, 0.2) is 168 Å². The van der Waals surface area contributed by atoms with Gasteiger partial charge in [-0.05, 0) is 80.8 Å². The molecule has 0 aliphatic rings. The Bertz CT molecular complexity index is 3130. The average molecular weight is 638 g/mol. The fourth-order valence-corrected chi connectivity index (χ4v) is 8.06. The molecule has 4 heteroatoms. The molecule has 0 aliphatic carbocycles. The van der Waals surface area contributed by atoms with E-state index >= 15 is 0 Å². The summed E-state index contributed by atoms with van der Waals surface area (Å²) in [5.74, 6) is 0. The Labute approximate surface area is 286 Å². The maximum absolute atomic E-state index is 6.34. The number of para-hydroxylation sites is 3. The Balaban J connectivity index is 1.09. The summed E-state index contributed by atoms with van der Waals surface area (Å²) in [7, 11) is 0. The molecule has 232 valence electrons. The van der Waals surface area contributed by atoms with Crippen molar-refractivity contribution in [3.63, 3.8) is 0 Å². The van der Waals surface area contributed by atoms with Gasteiger partial charge in [0.2, 0.25) is 0 Å². The molecule has 8 aromatic carbocycles. The van der Waals surface area contributed by atoms with E-state index in [1.165, 1.54) is 48.6 Å². The fraction of sp³-hybridized carbons (Fsp3) is 0. The zero-order valence-electron chi connectivity index (χ0n) is 26.8. The van der Waals surface area contributed by atoms with Gasteiger partial charge < -0.3 is 8.98 Å². The van der Waals surface area contributed by atoms with Gasteiger partial charge in [-0.2, -0.15) is 0 Å². The van der Waals surface area contributed by atoms with Gasteiger partial charge in [-0.1, -0.05) is 109 Å². The molecule has 0 aliphatic heterocycles. The van der Waals surface area contributed by atoms with Gasteiger partial charge in [0.25, 0.3) is 0 Å². The Morgan fingerprint density at radius 2 is 1.02 bits per heavy atom. The first-order valence-electron chi connectivity index (χ1n) is 16.9. The minimum atomic E-state index is 0.832. The number of fused-ring (bicyclic) bond motifs is 12. The third-order valence-corrected chi connectivity index (χ3v) is 10.3. The molecule has 0 spiro atoms. The van der Waals surface area contributed by atoms with Crippen molar-refractivity contribution < 1.29 is 4.42 Å². The van der Waals surface area contributed by atoms with Gasteiger partial charge in [0.05, 0.1) is 22.4 Å². The van der Waals surface area contributed by atoms with E-state index in [9.17, 15) is 0 Å². The number of hydrogen-bond acceptors (Lipinski definition) is 3. The fourth-order valence-electron chi connectivity index (χ4n) is 8.06. The van der Waals surface area contributed by atoms with E-state index in [1.807, 2.05) is 18.2 Å². The normalized spacial score (nSPS) is 12.0. The van der Waals surface area contributed by atoms with Crippen molar-refractivity contribution in [3.05, 3.63) is 164 Å². The molecule has 0 N–H and O–H groups in total. The first kappa shape index (κ1) is 27.2. The quantitative estimate of drug-likeness (QED) is 0.181. The van der Waals surface area contributed by atoms with E-state index in [1.54, 1.807) is 6.33 Å². The molecule has 11 rings (SSSR count). The molecule has 3 aromatic heterocycles. The molecule has 11 aromatic rings. The van der Waals surface area contributed by atoms with E-state index in [0.29, 0.717) is 0 Å². The van der Waals surface area contributed by atoms with Crippen molar-refractivity contribution in [1.82, 2.24) is 14.5 Å². The lowest BCUT2D eigenvalue weighted by Gasteiger charge is -2.14. The van der Waals surface area contributed by atoms with Crippen LogP contribution in [-0.4, -0.2) is 14.5 Å². The molecule has 0 bridgehead atoms. The van der Waals surface area contributed by atoms with E-state index in [0.717, 1.165) is 55.7 Å². The monoisotopic (exact) mass is 637 g/mol. The lowest BCUT2D eigenvalue weighted by atomic mass is 9.94. The maximum atomic E-state index is 6.34. The highest BCUT2D eigenvalue weighted by molar-refractivity contribution is 6.25. The number of benzene rings is 8. The summed E-state index contributed by atoms with van der Waals surface area (Å²) >= 11 is 0. The van der Waals surface area contributed by atoms with Crippen LogP contribution in [0.3, 0.4) is 0 Å². The van der Waals surface area contributed by atoms with Crippen molar-refractivity contribution >= 4 is 76.1 Å². The van der Waals surface area contributed by atoms with Gasteiger partial charge in [0, 0.05) is 38.4 Å². The average Bonchev–Trinajstić information content (AvgIpc) is 3.73. The minimum Gasteiger partial charge on any atom is -0.455 e. The highest BCUT2D eigenvalue weighted by atomic mass is 16.3. The summed E-state index contributed by atoms with van der Waals surface area (Å²) in [5.41, 5.74) is 8.87. The summed E-state index contributed by atoms with van der Waals surface area (Å²) < 4.78 is 8.74. The van der Waals surface area contributed by atoms with E-state index in [4.69, 9.17) is 14.4 Å². The zero-order chi connectivity index (χ0) is 32.8. The first-order valence-corrected chi connectivity index (χ1v) is 16.9. The Hall–Kier alpha value is -6.78. The second kappa shape index (κ2) is 10.4. The smallest absolute Gasteiger partial charge is 0.144 e. The predicted molar refractivity (Wildman–Crippen MR) is 207 cm³/mol. The van der Waals surface area contributed by atoms with Gasteiger partial charge in [0.15, 0.2) is 0 Å². The van der Waals surface area contributed by atoms with Gasteiger partial charge in [-0.25, -0.2) is 9.97 Å². The second-order valence-electron chi connectivity index (χ2n) is 13.0. The lowest BCUT2D eigenvalue weighted by molar-refractivity contribution is 0.670. The molecule has 0 amide bonds. The third kappa shape index (κ3) is 3.87. The molecule has 0 unspecified atom stereocenters. The molecular weight excluding hydrogens is 611 g/mol. The Kier molecular flexibility index (Phi) is 5.63. The van der Waals surface area contributed by atoms with Gasteiger partial charge in [0.1, 0.15) is 17.5 Å². The largest absolute Gasteiger partial charge is 0.455 e. The summed E-state index contributed by atoms with van der Waals surface area (Å²) in [6, 6.07) is 56.2. The molecule has 4 nitrogen and oxygen atoms in total. The Morgan fingerprint density at radius 3 is 1.82 bits per heavy atom. The lowest BCUT2D eigenvalue weighted by Crippen LogP contribution is -1.95. The second-order valence-corrected chi connectivity index (χ2v) is 13.0. The number of rotatable bonds is 3. The van der Waals surface area contributed by atoms with E-state index < -0.39 is 0 Å². The number of furan rings is 1. The topological polar surface area (TPSA) is 43.9 Å². The summed E-state index contributed by atoms with van der Waals surface area (Å²) in [6.45, 7) is 0. The molecule has 0 saturated heterocycles. The molecule has 0 saturated carbocycles. The first-order chi connectivity index (χ1) is 24.8. The molecular formula is C46H27N3O. The maximum Gasteiger partial charge on any atom is 0.144 e. The number of hydrogen-bond donors (Lipinski definition) is 0. The van der Waals surface area contributed by atoms with Crippen LogP contribution in [0.4, 0.5) is 0 Å². The molecule has 0 fully saturated rings. The highest BCUT2D eigenvalue weighted by Gasteiger charge is 2.17. The molecule has 0 radical (unpaired) electrons.